The molecule has 4 nitrogen and oxygen atoms in total. The lowest BCUT2D eigenvalue weighted by molar-refractivity contribution is 0.203. The molecule has 0 amide bonds. The van der Waals surface area contributed by atoms with Gasteiger partial charge >= 0.3 is 0 Å². The number of ether oxygens (including phenoxy) is 1. The highest BCUT2D eigenvalue weighted by Crippen LogP contribution is 2.24. The van der Waals surface area contributed by atoms with Crippen LogP contribution >= 0.6 is 15.9 Å². The van der Waals surface area contributed by atoms with Crippen molar-refractivity contribution in [1.29, 1.82) is 0 Å². The van der Waals surface area contributed by atoms with Crippen LogP contribution in [0.1, 0.15) is 5.56 Å². The third-order valence-electron chi connectivity index (χ3n) is 2.51. The van der Waals surface area contributed by atoms with Gasteiger partial charge in [0.2, 0.25) is 0 Å². The zero-order valence-electron chi connectivity index (χ0n) is 9.90. The quantitative estimate of drug-likeness (QED) is 0.799. The molecule has 1 aromatic carbocycles. The van der Waals surface area contributed by atoms with E-state index in [-0.39, 0.29) is 13.2 Å². The Morgan fingerprint density at radius 1 is 1.29 bits per heavy atom. The number of nitrogens with zero attached hydrogens (tertiary/aromatic N) is 1. The van der Waals surface area contributed by atoms with Gasteiger partial charge in [-0.05, 0) is 17.7 Å². The van der Waals surface area contributed by atoms with Crippen LogP contribution in [-0.4, -0.2) is 43.6 Å². The average Bonchev–Trinajstić information content (AvgIpc) is 2.34. The molecule has 1 aromatic rings. The summed E-state index contributed by atoms with van der Waals surface area (Å²) in [4.78, 5) is 2.04. The molecule has 0 bridgehead atoms. The van der Waals surface area contributed by atoms with Gasteiger partial charge in [0.15, 0.2) is 0 Å². The maximum Gasteiger partial charge on any atom is 0.0692 e. The number of methoxy groups -OCH3 is 1. The van der Waals surface area contributed by atoms with Crippen LogP contribution in [0.4, 0.5) is 5.69 Å². The molecule has 1 rings (SSSR count). The molecule has 2 N–H and O–H groups in total. The average molecular weight is 304 g/mol. The highest BCUT2D eigenvalue weighted by molar-refractivity contribution is 9.10. The van der Waals surface area contributed by atoms with Crippen molar-refractivity contribution in [3.05, 3.63) is 28.2 Å². The number of rotatable bonds is 7. The zero-order chi connectivity index (χ0) is 12.7. The highest BCUT2D eigenvalue weighted by atomic mass is 79.9. The van der Waals surface area contributed by atoms with E-state index in [2.05, 4.69) is 15.9 Å². The summed E-state index contributed by atoms with van der Waals surface area (Å²) >= 11 is 3.41. The van der Waals surface area contributed by atoms with Crippen molar-refractivity contribution in [2.24, 2.45) is 0 Å². The predicted octanol–water partition coefficient (Wildman–Crippen LogP) is 1.39. The van der Waals surface area contributed by atoms with E-state index in [9.17, 15) is 0 Å². The van der Waals surface area contributed by atoms with Crippen LogP contribution in [0.3, 0.4) is 0 Å². The molecular formula is C12H18BrNO3. The first kappa shape index (κ1) is 14.4. The monoisotopic (exact) mass is 303 g/mol. The van der Waals surface area contributed by atoms with E-state index in [0.29, 0.717) is 13.2 Å². The lowest BCUT2D eigenvalue weighted by atomic mass is 10.2. The van der Waals surface area contributed by atoms with E-state index < -0.39 is 0 Å². The van der Waals surface area contributed by atoms with Crippen molar-refractivity contribution in [1.82, 2.24) is 0 Å². The van der Waals surface area contributed by atoms with Crippen molar-refractivity contribution in [2.45, 2.75) is 6.61 Å². The first-order valence-corrected chi connectivity index (χ1v) is 6.26. The van der Waals surface area contributed by atoms with Crippen LogP contribution in [0.2, 0.25) is 0 Å². The standard InChI is InChI=1S/C12H18BrNO3/c1-17-7-5-14(4-6-15)11-3-2-10(9-16)12(13)8-11/h2-3,8,15-16H,4-7,9H2,1H3. The van der Waals surface area contributed by atoms with Crippen LogP contribution in [-0.2, 0) is 11.3 Å². The summed E-state index contributed by atoms with van der Waals surface area (Å²) in [6.07, 6.45) is 0. The van der Waals surface area contributed by atoms with Crippen molar-refractivity contribution < 1.29 is 14.9 Å². The largest absolute Gasteiger partial charge is 0.395 e. The number of aliphatic hydroxyl groups excluding tert-OH is 2. The summed E-state index contributed by atoms with van der Waals surface area (Å²) in [6.45, 7) is 2.01. The Morgan fingerprint density at radius 3 is 2.59 bits per heavy atom. The lowest BCUT2D eigenvalue weighted by Gasteiger charge is -2.24. The molecule has 0 heterocycles. The number of benzene rings is 1. The highest BCUT2D eigenvalue weighted by Gasteiger charge is 2.08. The zero-order valence-corrected chi connectivity index (χ0v) is 11.5. The van der Waals surface area contributed by atoms with Crippen LogP contribution in [0, 0.1) is 0 Å². The number of hydrogen-bond acceptors (Lipinski definition) is 4. The minimum absolute atomic E-state index is 0.0128. The minimum Gasteiger partial charge on any atom is -0.395 e. The molecule has 0 radical (unpaired) electrons. The third-order valence-corrected chi connectivity index (χ3v) is 3.25. The molecule has 0 aliphatic carbocycles. The van der Waals surface area contributed by atoms with Crippen LogP contribution < -0.4 is 4.90 Å². The van der Waals surface area contributed by atoms with Gasteiger partial charge in [-0.3, -0.25) is 0 Å². The molecule has 17 heavy (non-hydrogen) atoms. The van der Waals surface area contributed by atoms with Crippen LogP contribution in [0.15, 0.2) is 22.7 Å². The van der Waals surface area contributed by atoms with Crippen LogP contribution in [0.25, 0.3) is 0 Å². The Kier molecular flexibility index (Phi) is 6.50. The number of hydrogen-bond donors (Lipinski definition) is 2. The SMILES string of the molecule is COCCN(CCO)c1ccc(CO)c(Br)c1. The maximum absolute atomic E-state index is 9.09. The number of anilines is 1. The van der Waals surface area contributed by atoms with Gasteiger partial charge in [0.1, 0.15) is 0 Å². The molecule has 0 spiro atoms. The van der Waals surface area contributed by atoms with Gasteiger partial charge in [-0.25, -0.2) is 0 Å². The molecular weight excluding hydrogens is 286 g/mol. The van der Waals surface area contributed by atoms with Crippen molar-refractivity contribution in [3.63, 3.8) is 0 Å². The second kappa shape index (κ2) is 7.66. The minimum atomic E-state index is 0.0128. The molecule has 0 atom stereocenters. The van der Waals surface area contributed by atoms with Gasteiger partial charge in [0.05, 0.1) is 19.8 Å². The van der Waals surface area contributed by atoms with E-state index in [1.54, 1.807) is 7.11 Å². The van der Waals surface area contributed by atoms with Gasteiger partial charge in [-0.15, -0.1) is 0 Å². The summed E-state index contributed by atoms with van der Waals surface area (Å²) in [5.41, 5.74) is 1.85. The lowest BCUT2D eigenvalue weighted by Crippen LogP contribution is -2.30. The van der Waals surface area contributed by atoms with E-state index >= 15 is 0 Å². The number of halogens is 1. The first-order chi connectivity index (χ1) is 8.22. The van der Waals surface area contributed by atoms with Gasteiger partial charge in [-0.2, -0.15) is 0 Å². The Hall–Kier alpha value is -0.620. The molecule has 5 heteroatoms. The van der Waals surface area contributed by atoms with Gasteiger partial charge in [-0.1, -0.05) is 22.0 Å². The normalized spacial score (nSPS) is 10.6. The Morgan fingerprint density at radius 2 is 2.06 bits per heavy atom. The fraction of sp³-hybridized carbons (Fsp3) is 0.500. The van der Waals surface area contributed by atoms with E-state index in [4.69, 9.17) is 14.9 Å². The Balaban J connectivity index is 2.82. The topological polar surface area (TPSA) is 52.9 Å². The summed E-state index contributed by atoms with van der Waals surface area (Å²) in [5, 5.41) is 18.1. The predicted molar refractivity (Wildman–Crippen MR) is 71.2 cm³/mol. The van der Waals surface area contributed by atoms with E-state index in [0.717, 1.165) is 22.3 Å². The van der Waals surface area contributed by atoms with Crippen molar-refractivity contribution in [3.8, 4) is 0 Å². The summed E-state index contributed by atoms with van der Waals surface area (Å²) < 4.78 is 5.91. The van der Waals surface area contributed by atoms with Gasteiger partial charge in [0.25, 0.3) is 0 Å². The maximum atomic E-state index is 9.09. The summed E-state index contributed by atoms with van der Waals surface area (Å²) in [7, 11) is 1.65. The smallest absolute Gasteiger partial charge is 0.0692 e. The molecule has 0 aliphatic rings. The molecule has 0 aliphatic heterocycles. The first-order valence-electron chi connectivity index (χ1n) is 5.47. The molecule has 0 aromatic heterocycles. The Labute approximate surface area is 110 Å². The summed E-state index contributed by atoms with van der Waals surface area (Å²) in [6, 6.07) is 5.75. The third kappa shape index (κ3) is 4.27. The summed E-state index contributed by atoms with van der Waals surface area (Å²) in [5.74, 6) is 0. The van der Waals surface area contributed by atoms with Crippen LogP contribution in [0.5, 0.6) is 0 Å². The second-order valence-corrected chi connectivity index (χ2v) is 4.49. The molecule has 0 unspecified atom stereocenters. The Bertz CT molecular complexity index is 347. The van der Waals surface area contributed by atoms with Gasteiger partial charge in [0, 0.05) is 30.4 Å². The fourth-order valence-electron chi connectivity index (χ4n) is 1.55. The van der Waals surface area contributed by atoms with E-state index in [1.807, 2.05) is 23.1 Å². The van der Waals surface area contributed by atoms with Crippen molar-refractivity contribution >= 4 is 21.6 Å². The van der Waals surface area contributed by atoms with Crippen molar-refractivity contribution in [2.75, 3.05) is 38.3 Å². The fourth-order valence-corrected chi connectivity index (χ4v) is 2.05. The van der Waals surface area contributed by atoms with E-state index in [1.165, 1.54) is 0 Å². The molecule has 0 saturated carbocycles. The second-order valence-electron chi connectivity index (χ2n) is 3.64. The number of aliphatic hydroxyl groups is 2. The molecule has 96 valence electrons. The van der Waals surface area contributed by atoms with Gasteiger partial charge < -0.3 is 19.8 Å². The molecule has 0 saturated heterocycles. The molecule has 0 fully saturated rings.